The van der Waals surface area contributed by atoms with Gasteiger partial charge in [-0.05, 0) is 50.3 Å². The van der Waals surface area contributed by atoms with Crippen molar-refractivity contribution < 1.29 is 4.42 Å². The molecule has 4 aromatic rings. The number of H-pyrrole nitrogens is 1. The van der Waals surface area contributed by atoms with Crippen LogP contribution in [0.25, 0.3) is 21.7 Å². The van der Waals surface area contributed by atoms with E-state index in [1.165, 1.54) is 28.6 Å². The van der Waals surface area contributed by atoms with Crippen LogP contribution in [0.1, 0.15) is 41.3 Å². The first kappa shape index (κ1) is 17.6. The first-order valence-corrected chi connectivity index (χ1v) is 11.0. The second-order valence-corrected chi connectivity index (χ2v) is 9.25. The Morgan fingerprint density at radius 3 is 2.86 bits per heavy atom. The van der Waals surface area contributed by atoms with Crippen molar-refractivity contribution in [2.45, 2.75) is 43.0 Å². The van der Waals surface area contributed by atoms with Gasteiger partial charge in [-0.1, -0.05) is 30.0 Å². The van der Waals surface area contributed by atoms with Crippen LogP contribution in [0, 0.1) is 0 Å². The van der Waals surface area contributed by atoms with E-state index in [1.807, 2.05) is 37.3 Å². The van der Waals surface area contributed by atoms with Crippen molar-refractivity contribution in [1.29, 1.82) is 0 Å². The maximum absolute atomic E-state index is 12.7. The van der Waals surface area contributed by atoms with E-state index < -0.39 is 0 Å². The summed E-state index contributed by atoms with van der Waals surface area (Å²) in [6.45, 7) is 1.97. The summed E-state index contributed by atoms with van der Waals surface area (Å²) in [5.74, 6) is 1.00. The summed E-state index contributed by atoms with van der Waals surface area (Å²) >= 11 is 3.08. The van der Waals surface area contributed by atoms with Crippen LogP contribution in [-0.2, 0) is 12.8 Å². The first-order chi connectivity index (χ1) is 13.7. The highest BCUT2D eigenvalue weighted by atomic mass is 32.2. The maximum Gasteiger partial charge on any atom is 0.260 e. The van der Waals surface area contributed by atoms with Crippen LogP contribution in [0.3, 0.4) is 0 Å². The maximum atomic E-state index is 12.7. The molecule has 0 unspecified atom stereocenters. The highest BCUT2D eigenvalue weighted by Gasteiger charge is 2.22. The van der Waals surface area contributed by atoms with Crippen LogP contribution >= 0.6 is 23.1 Å². The van der Waals surface area contributed by atoms with Crippen molar-refractivity contribution in [3.63, 3.8) is 0 Å². The van der Waals surface area contributed by atoms with E-state index in [-0.39, 0.29) is 10.8 Å². The molecule has 1 aliphatic carbocycles. The molecule has 0 radical (unpaired) electrons. The molecule has 0 aliphatic heterocycles. The third kappa shape index (κ3) is 3.16. The Labute approximate surface area is 169 Å². The number of aryl methyl sites for hydroxylation is 2. The van der Waals surface area contributed by atoms with Gasteiger partial charge in [0.2, 0.25) is 11.8 Å². The fraction of sp³-hybridized carbons (Fsp3) is 0.300. The predicted octanol–water partition coefficient (Wildman–Crippen LogP) is 4.77. The van der Waals surface area contributed by atoms with Crippen LogP contribution < -0.4 is 5.56 Å². The lowest BCUT2D eigenvalue weighted by Crippen LogP contribution is -2.11. The van der Waals surface area contributed by atoms with E-state index in [4.69, 9.17) is 9.40 Å². The van der Waals surface area contributed by atoms with Gasteiger partial charge in [0.25, 0.3) is 5.56 Å². The number of nitrogens with zero attached hydrogens (tertiary/aromatic N) is 3. The third-order valence-electron chi connectivity index (χ3n) is 4.90. The number of rotatable bonds is 4. The molecule has 3 heterocycles. The molecule has 1 atom stereocenters. The second-order valence-electron chi connectivity index (χ2n) is 6.83. The monoisotopic (exact) mass is 410 g/mol. The molecule has 28 heavy (non-hydrogen) atoms. The number of hydrogen-bond donors (Lipinski definition) is 1. The summed E-state index contributed by atoms with van der Waals surface area (Å²) in [4.78, 5) is 22.5. The fourth-order valence-corrected chi connectivity index (χ4v) is 5.66. The van der Waals surface area contributed by atoms with Gasteiger partial charge in [0, 0.05) is 10.4 Å². The number of aromatic amines is 1. The molecular weight excluding hydrogens is 392 g/mol. The number of thiophene rings is 1. The number of fused-ring (bicyclic) bond motifs is 3. The molecule has 1 aromatic carbocycles. The van der Waals surface area contributed by atoms with Gasteiger partial charge < -0.3 is 9.40 Å². The molecule has 142 valence electrons. The average Bonchev–Trinajstić information content (AvgIpc) is 3.33. The quantitative estimate of drug-likeness (QED) is 0.385. The standard InChI is InChI=1S/C20H18N4O2S2/c1-11(17-23-24-18(26-17)12-7-3-2-4-8-12)27-20-21-16(25)15-13-9-5-6-10-14(13)28-19(15)22-20/h2-4,7-8,11H,5-6,9-10H2,1H3,(H,21,22,25)/t11-/m1/s1. The van der Waals surface area contributed by atoms with E-state index in [0.29, 0.717) is 16.9 Å². The van der Waals surface area contributed by atoms with Crippen molar-refractivity contribution in [2.24, 2.45) is 0 Å². The van der Waals surface area contributed by atoms with E-state index in [9.17, 15) is 4.79 Å². The second kappa shape index (κ2) is 7.18. The molecule has 0 fully saturated rings. The summed E-state index contributed by atoms with van der Waals surface area (Å²) in [5.41, 5.74) is 2.04. The van der Waals surface area contributed by atoms with Crippen LogP contribution in [-0.4, -0.2) is 20.2 Å². The van der Waals surface area contributed by atoms with Gasteiger partial charge in [-0.15, -0.1) is 21.5 Å². The zero-order chi connectivity index (χ0) is 19.1. The Morgan fingerprint density at radius 2 is 2.00 bits per heavy atom. The number of hydrogen-bond acceptors (Lipinski definition) is 7. The minimum atomic E-state index is -0.125. The predicted molar refractivity (Wildman–Crippen MR) is 111 cm³/mol. The number of benzene rings is 1. The first-order valence-electron chi connectivity index (χ1n) is 9.29. The highest BCUT2D eigenvalue weighted by Crippen LogP contribution is 2.37. The number of thioether (sulfide) groups is 1. The third-order valence-corrected chi connectivity index (χ3v) is 7.06. The minimum absolute atomic E-state index is 0.0467. The van der Waals surface area contributed by atoms with Gasteiger partial charge in [-0.25, -0.2) is 4.98 Å². The molecule has 0 bridgehead atoms. The van der Waals surface area contributed by atoms with E-state index in [1.54, 1.807) is 11.3 Å². The summed E-state index contributed by atoms with van der Waals surface area (Å²) in [5, 5.41) is 9.55. The van der Waals surface area contributed by atoms with Crippen molar-refractivity contribution in [3.8, 4) is 11.5 Å². The van der Waals surface area contributed by atoms with Crippen LogP contribution in [0.15, 0.2) is 44.7 Å². The fourth-order valence-electron chi connectivity index (χ4n) is 3.51. The summed E-state index contributed by atoms with van der Waals surface area (Å²) in [6, 6.07) is 9.67. The van der Waals surface area contributed by atoms with Gasteiger partial charge in [0.1, 0.15) is 4.83 Å². The molecule has 1 N–H and O–H groups in total. The molecule has 6 nitrogen and oxygen atoms in total. The Bertz CT molecular complexity index is 1200. The zero-order valence-corrected chi connectivity index (χ0v) is 16.9. The highest BCUT2D eigenvalue weighted by molar-refractivity contribution is 7.99. The summed E-state index contributed by atoms with van der Waals surface area (Å²) in [7, 11) is 0. The molecule has 1 aliphatic rings. The van der Waals surface area contributed by atoms with Crippen LogP contribution in [0.2, 0.25) is 0 Å². The normalized spacial score (nSPS) is 14.9. The molecule has 3 aromatic heterocycles. The van der Waals surface area contributed by atoms with Gasteiger partial charge in [-0.2, -0.15) is 0 Å². The molecule has 5 rings (SSSR count). The lowest BCUT2D eigenvalue weighted by molar-refractivity contribution is 0.509. The van der Waals surface area contributed by atoms with Crippen molar-refractivity contribution in [3.05, 3.63) is 57.0 Å². The molecule has 0 saturated heterocycles. The number of nitrogens with one attached hydrogen (secondary N) is 1. The van der Waals surface area contributed by atoms with Crippen molar-refractivity contribution in [2.75, 3.05) is 0 Å². The van der Waals surface area contributed by atoms with E-state index in [2.05, 4.69) is 15.2 Å². The van der Waals surface area contributed by atoms with Crippen molar-refractivity contribution >= 4 is 33.3 Å². The SMILES string of the molecule is C[C@@H](Sc1nc2sc3c(c2c(=O)[nH]1)CCCC3)c1nnc(-c2ccccc2)o1. The average molecular weight is 411 g/mol. The molecule has 0 saturated carbocycles. The zero-order valence-electron chi connectivity index (χ0n) is 15.3. The Morgan fingerprint density at radius 1 is 1.18 bits per heavy atom. The Hall–Kier alpha value is -2.45. The van der Waals surface area contributed by atoms with Crippen LogP contribution in [0.4, 0.5) is 0 Å². The Kier molecular flexibility index (Phi) is 4.52. The largest absolute Gasteiger partial charge is 0.419 e. The minimum Gasteiger partial charge on any atom is -0.419 e. The van der Waals surface area contributed by atoms with Gasteiger partial charge in [0.15, 0.2) is 5.16 Å². The summed E-state index contributed by atoms with van der Waals surface area (Å²) < 4.78 is 5.83. The number of aromatic nitrogens is 4. The lowest BCUT2D eigenvalue weighted by Gasteiger charge is -2.09. The summed E-state index contributed by atoms with van der Waals surface area (Å²) in [6.07, 6.45) is 4.37. The van der Waals surface area contributed by atoms with E-state index in [0.717, 1.165) is 35.0 Å². The molecule has 0 spiro atoms. The molecular formula is C20H18N4O2S2. The smallest absolute Gasteiger partial charge is 0.260 e. The van der Waals surface area contributed by atoms with E-state index >= 15 is 0 Å². The molecule has 8 heteroatoms. The van der Waals surface area contributed by atoms with Gasteiger partial charge in [0.05, 0.1) is 10.6 Å². The Balaban J connectivity index is 1.42. The molecule has 0 amide bonds. The van der Waals surface area contributed by atoms with Gasteiger partial charge >= 0.3 is 0 Å². The topological polar surface area (TPSA) is 84.7 Å². The van der Waals surface area contributed by atoms with Crippen molar-refractivity contribution in [1.82, 2.24) is 20.2 Å². The lowest BCUT2D eigenvalue weighted by atomic mass is 9.97. The van der Waals surface area contributed by atoms with Gasteiger partial charge in [-0.3, -0.25) is 4.79 Å². The van der Waals surface area contributed by atoms with Crippen LogP contribution in [0.5, 0.6) is 0 Å².